The fourth-order valence-corrected chi connectivity index (χ4v) is 2.24. The van der Waals surface area contributed by atoms with Crippen molar-refractivity contribution in [3.63, 3.8) is 0 Å². The van der Waals surface area contributed by atoms with Crippen LogP contribution in [0.15, 0.2) is 60.7 Å². The number of rotatable bonds is 4. The van der Waals surface area contributed by atoms with Gasteiger partial charge in [0.1, 0.15) is 0 Å². The van der Waals surface area contributed by atoms with Crippen molar-refractivity contribution < 1.29 is 18.1 Å². The van der Waals surface area contributed by atoms with Gasteiger partial charge in [-0.05, 0) is 18.1 Å². The van der Waals surface area contributed by atoms with Gasteiger partial charge in [-0.2, -0.15) is 0 Å². The molecule has 96 valence electrons. The lowest BCUT2D eigenvalue weighted by Gasteiger charge is -2.21. The lowest BCUT2D eigenvalue weighted by atomic mass is 9.87. The van der Waals surface area contributed by atoms with E-state index in [1.807, 2.05) is 0 Å². The molecule has 1 nitrogen and oxygen atoms in total. The second kappa shape index (κ2) is 6.58. The Morgan fingerprint density at radius 3 is 1.44 bits per heavy atom. The van der Waals surface area contributed by atoms with Crippen molar-refractivity contribution in [1.29, 1.82) is 0 Å². The van der Waals surface area contributed by atoms with Gasteiger partial charge >= 0.3 is 0 Å². The SMILES string of the molecule is CC([NH3+])(Cc1ccccc1)Cc1ccccc1.[Cl-]. The second-order valence-corrected chi connectivity index (χ2v) is 5.14. The topological polar surface area (TPSA) is 27.6 Å². The molecule has 0 saturated carbocycles. The molecule has 0 aliphatic rings. The van der Waals surface area contributed by atoms with Gasteiger partial charge in [-0.3, -0.25) is 0 Å². The zero-order chi connectivity index (χ0) is 12.1. The average molecular weight is 262 g/mol. The van der Waals surface area contributed by atoms with Crippen LogP contribution in [-0.2, 0) is 12.8 Å². The molecule has 0 bridgehead atoms. The highest BCUT2D eigenvalue weighted by atomic mass is 35.5. The zero-order valence-corrected chi connectivity index (χ0v) is 11.5. The molecule has 0 spiro atoms. The minimum absolute atomic E-state index is 0. The fraction of sp³-hybridized carbons (Fsp3) is 0.250. The van der Waals surface area contributed by atoms with E-state index in [4.69, 9.17) is 0 Å². The second-order valence-electron chi connectivity index (χ2n) is 5.14. The highest BCUT2D eigenvalue weighted by molar-refractivity contribution is 5.20. The van der Waals surface area contributed by atoms with Crippen LogP contribution < -0.4 is 18.1 Å². The Balaban J connectivity index is 0.00000162. The summed E-state index contributed by atoms with van der Waals surface area (Å²) in [4.78, 5) is 0. The summed E-state index contributed by atoms with van der Waals surface area (Å²) in [7, 11) is 0. The van der Waals surface area contributed by atoms with E-state index in [1.54, 1.807) is 0 Å². The van der Waals surface area contributed by atoms with Gasteiger partial charge in [0.15, 0.2) is 0 Å². The van der Waals surface area contributed by atoms with Crippen molar-refractivity contribution in [3.8, 4) is 0 Å². The van der Waals surface area contributed by atoms with Gasteiger partial charge in [0.05, 0.1) is 5.54 Å². The van der Waals surface area contributed by atoms with Gasteiger partial charge in [-0.25, -0.2) is 0 Å². The monoisotopic (exact) mass is 261 g/mol. The van der Waals surface area contributed by atoms with E-state index >= 15 is 0 Å². The summed E-state index contributed by atoms with van der Waals surface area (Å²) < 4.78 is 0. The number of benzene rings is 2. The molecule has 2 rings (SSSR count). The molecule has 2 aromatic rings. The molecule has 0 amide bonds. The van der Waals surface area contributed by atoms with E-state index in [9.17, 15) is 0 Å². The molecule has 0 aliphatic carbocycles. The van der Waals surface area contributed by atoms with E-state index in [-0.39, 0.29) is 17.9 Å². The van der Waals surface area contributed by atoms with E-state index in [0.717, 1.165) is 12.8 Å². The summed E-state index contributed by atoms with van der Waals surface area (Å²) in [6.07, 6.45) is 2.03. The zero-order valence-electron chi connectivity index (χ0n) is 10.8. The van der Waals surface area contributed by atoms with Crippen molar-refractivity contribution in [2.75, 3.05) is 0 Å². The van der Waals surface area contributed by atoms with Crippen molar-refractivity contribution >= 4 is 0 Å². The van der Waals surface area contributed by atoms with E-state index < -0.39 is 0 Å². The van der Waals surface area contributed by atoms with Crippen molar-refractivity contribution in [1.82, 2.24) is 0 Å². The maximum Gasteiger partial charge on any atom is 0.0998 e. The summed E-state index contributed by atoms with van der Waals surface area (Å²) in [5, 5.41) is 0. The maximum absolute atomic E-state index is 4.36. The number of hydrogen-bond acceptors (Lipinski definition) is 0. The Bertz CT molecular complexity index is 408. The van der Waals surface area contributed by atoms with E-state index in [2.05, 4.69) is 73.3 Å². The first kappa shape index (κ1) is 14.7. The van der Waals surface area contributed by atoms with Crippen LogP contribution in [-0.4, -0.2) is 5.54 Å². The molecule has 0 heterocycles. The molecule has 0 fully saturated rings. The summed E-state index contributed by atoms with van der Waals surface area (Å²) in [6.45, 7) is 2.23. The number of hydrogen-bond donors (Lipinski definition) is 1. The molecule has 0 aliphatic heterocycles. The van der Waals surface area contributed by atoms with Gasteiger partial charge in [0.2, 0.25) is 0 Å². The quantitative estimate of drug-likeness (QED) is 0.767. The lowest BCUT2D eigenvalue weighted by Crippen LogP contribution is -3.00. The first-order valence-electron chi connectivity index (χ1n) is 6.09. The van der Waals surface area contributed by atoms with Crippen LogP contribution in [0.4, 0.5) is 0 Å². The molecule has 18 heavy (non-hydrogen) atoms. The largest absolute Gasteiger partial charge is 1.00 e. The Morgan fingerprint density at radius 2 is 1.11 bits per heavy atom. The van der Waals surface area contributed by atoms with Gasteiger partial charge in [0, 0.05) is 12.8 Å². The summed E-state index contributed by atoms with van der Waals surface area (Å²) in [5.74, 6) is 0. The third-order valence-electron chi connectivity index (χ3n) is 2.95. The molecule has 2 heteroatoms. The highest BCUT2D eigenvalue weighted by Crippen LogP contribution is 2.14. The minimum atomic E-state index is 0. The molecule has 0 atom stereocenters. The molecule has 0 aromatic heterocycles. The van der Waals surface area contributed by atoms with Crippen LogP contribution >= 0.6 is 0 Å². The predicted molar refractivity (Wildman–Crippen MR) is 71.6 cm³/mol. The van der Waals surface area contributed by atoms with E-state index in [0.29, 0.717) is 0 Å². The summed E-state index contributed by atoms with van der Waals surface area (Å²) in [6, 6.07) is 21.2. The number of halogens is 1. The molecular weight excluding hydrogens is 242 g/mol. The van der Waals surface area contributed by atoms with Gasteiger partial charge < -0.3 is 18.1 Å². The normalized spacial score (nSPS) is 10.8. The van der Waals surface area contributed by atoms with Crippen molar-refractivity contribution in [3.05, 3.63) is 71.8 Å². The maximum atomic E-state index is 4.36. The van der Waals surface area contributed by atoms with Crippen LogP contribution in [0.2, 0.25) is 0 Å². The Kier molecular flexibility index (Phi) is 5.39. The van der Waals surface area contributed by atoms with Crippen LogP contribution in [0.25, 0.3) is 0 Å². The summed E-state index contributed by atoms with van der Waals surface area (Å²) >= 11 is 0. The average Bonchev–Trinajstić information content (AvgIpc) is 2.30. The molecular formula is C16H20ClN. The van der Waals surface area contributed by atoms with Crippen molar-refractivity contribution in [2.45, 2.75) is 25.3 Å². The number of quaternary nitrogens is 1. The minimum Gasteiger partial charge on any atom is -1.00 e. The van der Waals surface area contributed by atoms with Gasteiger partial charge in [-0.1, -0.05) is 60.7 Å². The third kappa shape index (κ3) is 4.52. The molecule has 0 radical (unpaired) electrons. The Hall–Kier alpha value is -1.31. The highest BCUT2D eigenvalue weighted by Gasteiger charge is 2.23. The molecule has 0 unspecified atom stereocenters. The first-order chi connectivity index (χ1) is 8.16. The van der Waals surface area contributed by atoms with Crippen LogP contribution in [0.3, 0.4) is 0 Å². The van der Waals surface area contributed by atoms with Gasteiger partial charge in [-0.15, -0.1) is 0 Å². The molecule has 0 saturated heterocycles. The predicted octanol–water partition coefficient (Wildman–Crippen LogP) is -0.524. The Labute approximate surface area is 115 Å². The van der Waals surface area contributed by atoms with E-state index in [1.165, 1.54) is 11.1 Å². The standard InChI is InChI=1S/C16H19N.ClH/c1-16(17,12-14-8-4-2-5-9-14)13-15-10-6-3-7-11-15;/h2-11H,12-13,17H2,1H3;1H. The lowest BCUT2D eigenvalue weighted by molar-refractivity contribution is -0.471. The third-order valence-corrected chi connectivity index (χ3v) is 2.95. The molecule has 2 aromatic carbocycles. The van der Waals surface area contributed by atoms with Crippen LogP contribution in [0.1, 0.15) is 18.1 Å². The molecule has 3 N–H and O–H groups in total. The first-order valence-corrected chi connectivity index (χ1v) is 6.09. The van der Waals surface area contributed by atoms with Gasteiger partial charge in [0.25, 0.3) is 0 Å². The van der Waals surface area contributed by atoms with Crippen molar-refractivity contribution in [2.24, 2.45) is 0 Å². The van der Waals surface area contributed by atoms with Crippen LogP contribution in [0, 0.1) is 0 Å². The van der Waals surface area contributed by atoms with Crippen LogP contribution in [0.5, 0.6) is 0 Å². The smallest absolute Gasteiger partial charge is 0.0998 e. The Morgan fingerprint density at radius 1 is 0.778 bits per heavy atom. The summed E-state index contributed by atoms with van der Waals surface area (Å²) in [5.41, 5.74) is 7.14. The fourth-order valence-electron chi connectivity index (χ4n) is 2.24.